The molecule has 1 N–H and O–H groups in total. The van der Waals surface area contributed by atoms with Crippen LogP contribution in [0.15, 0.2) is 64.7 Å². The molecule has 2 aromatic carbocycles. The van der Waals surface area contributed by atoms with E-state index in [2.05, 4.69) is 50.1 Å². The van der Waals surface area contributed by atoms with Crippen molar-refractivity contribution in [2.24, 2.45) is 5.92 Å². The number of ether oxygens (including phenoxy) is 1. The van der Waals surface area contributed by atoms with E-state index < -0.39 is 5.60 Å². The zero-order valence-electron chi connectivity index (χ0n) is 21.2. The van der Waals surface area contributed by atoms with Gasteiger partial charge in [0, 0.05) is 55.5 Å². The van der Waals surface area contributed by atoms with E-state index >= 15 is 0 Å². The molecule has 0 radical (unpaired) electrons. The van der Waals surface area contributed by atoms with Crippen LogP contribution in [0.5, 0.6) is 5.75 Å². The van der Waals surface area contributed by atoms with Gasteiger partial charge in [-0.25, -0.2) is 4.98 Å². The van der Waals surface area contributed by atoms with Gasteiger partial charge in [-0.1, -0.05) is 48.5 Å². The number of halogens is 1. The largest absolute Gasteiger partial charge is 0.496 e. The molecule has 2 saturated heterocycles. The smallest absolute Gasteiger partial charge is 0.226 e. The van der Waals surface area contributed by atoms with Crippen LogP contribution in [0.2, 0.25) is 0 Å². The second-order valence-electron chi connectivity index (χ2n) is 10.3. The number of benzene rings is 2. The predicted octanol–water partition coefficient (Wildman–Crippen LogP) is 5.12. The lowest BCUT2D eigenvalue weighted by molar-refractivity contribution is -0.142. The third-order valence-corrected chi connectivity index (χ3v) is 9.33. The van der Waals surface area contributed by atoms with Crippen LogP contribution < -0.4 is 4.74 Å². The van der Waals surface area contributed by atoms with Crippen molar-refractivity contribution < 1.29 is 14.6 Å². The van der Waals surface area contributed by atoms with Gasteiger partial charge in [-0.05, 0) is 58.9 Å². The molecule has 2 atom stereocenters. The summed E-state index contributed by atoms with van der Waals surface area (Å²) < 4.78 is 6.39. The molecular weight excluding hydrogens is 550 g/mol. The average molecular weight is 585 g/mol. The highest BCUT2D eigenvalue weighted by atomic mass is 79.9. The Hall–Kier alpha value is -2.26. The lowest BCUT2D eigenvalue weighted by Crippen LogP contribution is -2.52. The molecule has 0 unspecified atom stereocenters. The second kappa shape index (κ2) is 11.6. The fourth-order valence-corrected chi connectivity index (χ4v) is 7.23. The molecule has 2 aliphatic heterocycles. The number of carbonyl (C=O) groups excluding carboxylic acids is 1. The first-order chi connectivity index (χ1) is 17.9. The number of amides is 1. The minimum absolute atomic E-state index is 0.0488. The highest BCUT2D eigenvalue weighted by molar-refractivity contribution is 9.11. The monoisotopic (exact) mass is 583 g/mol. The predicted molar refractivity (Wildman–Crippen MR) is 150 cm³/mol. The molecule has 0 saturated carbocycles. The van der Waals surface area contributed by atoms with Crippen molar-refractivity contribution in [1.29, 1.82) is 0 Å². The molecule has 0 aliphatic carbocycles. The Balaban J connectivity index is 1.25. The quantitative estimate of drug-likeness (QED) is 0.418. The van der Waals surface area contributed by atoms with Gasteiger partial charge in [0.05, 0.1) is 12.7 Å². The third-order valence-electron chi connectivity index (χ3n) is 7.86. The van der Waals surface area contributed by atoms with Gasteiger partial charge in [0.1, 0.15) is 5.75 Å². The Kier molecular flexibility index (Phi) is 8.29. The summed E-state index contributed by atoms with van der Waals surface area (Å²) in [6, 6.07) is 18.3. The molecule has 0 spiro atoms. The molecule has 3 aromatic rings. The van der Waals surface area contributed by atoms with Crippen LogP contribution in [-0.2, 0) is 17.8 Å². The Morgan fingerprint density at radius 1 is 1.14 bits per heavy atom. The molecule has 37 heavy (non-hydrogen) atoms. The van der Waals surface area contributed by atoms with Crippen molar-refractivity contribution >= 4 is 33.2 Å². The van der Waals surface area contributed by atoms with Crippen LogP contribution in [0.1, 0.15) is 41.2 Å². The maximum Gasteiger partial charge on any atom is 0.226 e. The van der Waals surface area contributed by atoms with Gasteiger partial charge in [-0.15, -0.1) is 11.3 Å². The molecule has 1 amide bonds. The highest BCUT2D eigenvalue weighted by Crippen LogP contribution is 2.37. The second-order valence-corrected chi connectivity index (χ2v) is 12.7. The van der Waals surface area contributed by atoms with E-state index in [1.807, 2.05) is 41.4 Å². The average Bonchev–Trinajstić information content (AvgIpc) is 3.33. The first-order valence-corrected chi connectivity index (χ1v) is 14.6. The van der Waals surface area contributed by atoms with E-state index in [1.165, 1.54) is 10.4 Å². The van der Waals surface area contributed by atoms with E-state index in [9.17, 15) is 9.90 Å². The number of piperidine rings is 2. The van der Waals surface area contributed by atoms with Crippen molar-refractivity contribution in [3.05, 3.63) is 80.7 Å². The summed E-state index contributed by atoms with van der Waals surface area (Å²) in [5, 5.41) is 11.4. The molecule has 196 valence electrons. The molecule has 8 heteroatoms. The summed E-state index contributed by atoms with van der Waals surface area (Å²) in [6.07, 6.45) is 4.46. The van der Waals surface area contributed by atoms with Crippen LogP contribution in [0.25, 0.3) is 0 Å². The molecule has 0 bridgehead atoms. The number of nitrogens with zero attached hydrogens (tertiary/aromatic N) is 3. The van der Waals surface area contributed by atoms with Crippen molar-refractivity contribution in [1.82, 2.24) is 14.8 Å². The van der Waals surface area contributed by atoms with Gasteiger partial charge in [0.25, 0.3) is 0 Å². The number of methoxy groups -OCH3 is 1. The summed E-state index contributed by atoms with van der Waals surface area (Å²) in [5.74, 6) is 1.13. The SMILES string of the molecule is COc1ccccc1CC1(O)CCN(C(=O)[C@@H]2CCN(Cc3cnc(Br)s3)C[C@H]2c2ccccc2)CC1. The van der Waals surface area contributed by atoms with E-state index in [0.717, 1.165) is 41.3 Å². The molecule has 1 aromatic heterocycles. The Morgan fingerprint density at radius 2 is 1.86 bits per heavy atom. The first-order valence-electron chi connectivity index (χ1n) is 12.9. The number of aromatic nitrogens is 1. The fourth-order valence-electron chi connectivity index (χ4n) is 5.83. The number of hydrogen-bond acceptors (Lipinski definition) is 6. The zero-order chi connectivity index (χ0) is 25.8. The van der Waals surface area contributed by atoms with Gasteiger partial charge < -0.3 is 14.7 Å². The number of likely N-dealkylation sites (tertiary alicyclic amines) is 2. The minimum Gasteiger partial charge on any atom is -0.496 e. The van der Waals surface area contributed by atoms with E-state index in [-0.39, 0.29) is 17.7 Å². The van der Waals surface area contributed by atoms with Crippen LogP contribution in [0.4, 0.5) is 0 Å². The number of carbonyl (C=O) groups is 1. The Labute approximate surface area is 231 Å². The Bertz CT molecular complexity index is 1200. The number of aliphatic hydroxyl groups is 1. The maximum atomic E-state index is 13.9. The first kappa shape index (κ1) is 26.4. The van der Waals surface area contributed by atoms with Crippen LogP contribution in [-0.4, -0.2) is 64.7 Å². The summed E-state index contributed by atoms with van der Waals surface area (Å²) in [7, 11) is 1.66. The fraction of sp³-hybridized carbons (Fsp3) is 0.448. The molecule has 2 fully saturated rings. The maximum absolute atomic E-state index is 13.9. The van der Waals surface area contributed by atoms with Crippen molar-refractivity contribution in [2.45, 2.75) is 43.7 Å². The molecule has 3 heterocycles. The summed E-state index contributed by atoms with van der Waals surface area (Å²) in [6.45, 7) is 3.76. The van der Waals surface area contributed by atoms with E-state index in [1.54, 1.807) is 18.4 Å². The Morgan fingerprint density at radius 3 is 2.57 bits per heavy atom. The topological polar surface area (TPSA) is 65.9 Å². The molecule has 2 aliphatic rings. The summed E-state index contributed by atoms with van der Waals surface area (Å²) in [4.78, 5) is 23.9. The van der Waals surface area contributed by atoms with Gasteiger partial charge in [-0.2, -0.15) is 0 Å². The minimum atomic E-state index is -0.823. The lowest BCUT2D eigenvalue weighted by atomic mass is 9.78. The third kappa shape index (κ3) is 6.25. The summed E-state index contributed by atoms with van der Waals surface area (Å²) >= 11 is 5.13. The van der Waals surface area contributed by atoms with Gasteiger partial charge in [0.2, 0.25) is 5.91 Å². The van der Waals surface area contributed by atoms with Crippen molar-refractivity contribution in [2.75, 3.05) is 33.3 Å². The molecule has 6 nitrogen and oxygen atoms in total. The van der Waals surface area contributed by atoms with Crippen molar-refractivity contribution in [3.8, 4) is 5.75 Å². The lowest BCUT2D eigenvalue weighted by Gasteiger charge is -2.43. The number of para-hydroxylation sites is 1. The number of hydrogen-bond donors (Lipinski definition) is 1. The molecular formula is C29H34BrN3O3S. The normalized spacial score (nSPS) is 22.1. The number of rotatable bonds is 7. The van der Waals surface area contributed by atoms with E-state index in [4.69, 9.17) is 4.74 Å². The molecule has 5 rings (SSSR count). The van der Waals surface area contributed by atoms with Crippen LogP contribution in [0.3, 0.4) is 0 Å². The standard InChI is InChI=1S/C29H34BrN3O3S/c1-36-26-10-6-5-9-22(26)17-29(35)12-15-33(16-13-29)27(34)24-11-14-32(19-23-18-31-28(30)37-23)20-25(24)21-7-3-2-4-8-21/h2-10,18,24-25,35H,11-17,19-20H2,1H3/t24-,25+/m1/s1. The van der Waals surface area contributed by atoms with Crippen molar-refractivity contribution in [3.63, 3.8) is 0 Å². The van der Waals surface area contributed by atoms with Gasteiger partial charge in [0.15, 0.2) is 3.92 Å². The van der Waals surface area contributed by atoms with Crippen LogP contribution in [0, 0.1) is 5.92 Å². The van der Waals surface area contributed by atoms with Gasteiger partial charge >= 0.3 is 0 Å². The highest BCUT2D eigenvalue weighted by Gasteiger charge is 2.40. The number of thiazole rings is 1. The summed E-state index contributed by atoms with van der Waals surface area (Å²) in [5.41, 5.74) is 1.41. The van der Waals surface area contributed by atoms with Gasteiger partial charge in [-0.3, -0.25) is 9.69 Å². The van der Waals surface area contributed by atoms with Crippen LogP contribution >= 0.6 is 27.3 Å². The zero-order valence-corrected chi connectivity index (χ0v) is 23.6. The van der Waals surface area contributed by atoms with E-state index in [0.29, 0.717) is 32.4 Å².